The smallest absolute Gasteiger partial charge is 0.193 e. The minimum atomic E-state index is 0. The van der Waals surface area contributed by atoms with E-state index in [1.165, 1.54) is 0 Å². The van der Waals surface area contributed by atoms with E-state index in [-0.39, 0.29) is 24.0 Å². The first-order chi connectivity index (χ1) is 11.1. The van der Waals surface area contributed by atoms with Gasteiger partial charge in [-0.3, -0.25) is 4.99 Å². The first kappa shape index (κ1) is 22.6. The Kier molecular flexibility index (Phi) is 11.4. The molecular formula is C17H30IN3O3. The number of nitrogens with one attached hydrogen (secondary N) is 1. The molecule has 0 aliphatic heterocycles. The van der Waals surface area contributed by atoms with Crippen LogP contribution in [0.4, 0.5) is 0 Å². The molecule has 0 fully saturated rings. The van der Waals surface area contributed by atoms with Gasteiger partial charge in [0.05, 0.1) is 21.3 Å². The number of aliphatic imine (C=N–C) groups is 1. The van der Waals surface area contributed by atoms with Crippen LogP contribution in [0.3, 0.4) is 0 Å². The average Bonchev–Trinajstić information content (AvgIpc) is 2.59. The summed E-state index contributed by atoms with van der Waals surface area (Å²) >= 11 is 0. The van der Waals surface area contributed by atoms with Crippen LogP contribution in [0.25, 0.3) is 0 Å². The predicted octanol–water partition coefficient (Wildman–Crippen LogP) is 3.14. The molecule has 1 aromatic carbocycles. The highest BCUT2D eigenvalue weighted by Crippen LogP contribution is 2.34. The zero-order valence-electron chi connectivity index (χ0n) is 15.5. The second kappa shape index (κ2) is 12.0. The molecule has 0 atom stereocenters. The molecule has 0 aliphatic rings. The molecule has 7 heteroatoms. The number of ether oxygens (including phenoxy) is 3. The maximum Gasteiger partial charge on any atom is 0.193 e. The van der Waals surface area contributed by atoms with Crippen molar-refractivity contribution in [2.75, 3.05) is 42.0 Å². The Balaban J connectivity index is 0.00000529. The largest absolute Gasteiger partial charge is 0.496 e. The van der Waals surface area contributed by atoms with E-state index < -0.39 is 0 Å². The van der Waals surface area contributed by atoms with Gasteiger partial charge in [-0.15, -0.1) is 24.0 Å². The van der Waals surface area contributed by atoms with Crippen molar-refractivity contribution in [2.45, 2.75) is 26.3 Å². The first-order valence-corrected chi connectivity index (χ1v) is 7.81. The Hall–Kier alpha value is -1.38. The first-order valence-electron chi connectivity index (χ1n) is 7.81. The highest BCUT2D eigenvalue weighted by Gasteiger charge is 2.13. The molecule has 1 N–H and O–H groups in total. The summed E-state index contributed by atoms with van der Waals surface area (Å²) in [6, 6.07) is 3.75. The van der Waals surface area contributed by atoms with Crippen LogP contribution in [-0.4, -0.2) is 52.8 Å². The second-order valence-electron chi connectivity index (χ2n) is 5.19. The van der Waals surface area contributed by atoms with Crippen molar-refractivity contribution >= 4 is 29.9 Å². The maximum atomic E-state index is 5.45. The van der Waals surface area contributed by atoms with E-state index >= 15 is 0 Å². The Morgan fingerprint density at radius 1 is 1.08 bits per heavy atom. The lowest BCUT2D eigenvalue weighted by Crippen LogP contribution is -2.39. The van der Waals surface area contributed by atoms with Crippen molar-refractivity contribution in [2.24, 2.45) is 4.99 Å². The molecule has 0 saturated carbocycles. The van der Waals surface area contributed by atoms with Crippen LogP contribution in [0.2, 0.25) is 0 Å². The van der Waals surface area contributed by atoms with Crippen LogP contribution in [0.5, 0.6) is 17.2 Å². The molecule has 0 radical (unpaired) electrons. The molecule has 0 amide bonds. The normalized spacial score (nSPS) is 10.7. The number of hydrogen-bond donors (Lipinski definition) is 1. The van der Waals surface area contributed by atoms with Crippen molar-refractivity contribution in [1.82, 2.24) is 10.2 Å². The molecule has 0 heterocycles. The van der Waals surface area contributed by atoms with Gasteiger partial charge in [-0.25, -0.2) is 0 Å². The van der Waals surface area contributed by atoms with Gasteiger partial charge in [-0.1, -0.05) is 13.3 Å². The fraction of sp³-hybridized carbons (Fsp3) is 0.588. The number of halogens is 1. The standard InChI is InChI=1S/C17H29N3O3.HI/c1-7-8-9-20(3)17(18-2)19-12-13-10-15(22-5)16(23-6)11-14(13)21-4;/h10-11H,7-9,12H2,1-6H3,(H,18,19);1H. The number of nitrogens with zero attached hydrogens (tertiary/aromatic N) is 2. The van der Waals surface area contributed by atoms with Gasteiger partial charge in [0.25, 0.3) is 0 Å². The monoisotopic (exact) mass is 451 g/mol. The van der Waals surface area contributed by atoms with Crippen molar-refractivity contribution in [3.8, 4) is 17.2 Å². The average molecular weight is 451 g/mol. The van der Waals surface area contributed by atoms with Gasteiger partial charge in [0.1, 0.15) is 5.75 Å². The third-order valence-electron chi connectivity index (χ3n) is 3.64. The number of unbranched alkanes of at least 4 members (excludes halogenated alkanes) is 1. The number of guanidine groups is 1. The van der Waals surface area contributed by atoms with Crippen LogP contribution < -0.4 is 19.5 Å². The lowest BCUT2D eigenvalue weighted by Gasteiger charge is -2.22. The molecule has 0 saturated heterocycles. The summed E-state index contributed by atoms with van der Waals surface area (Å²) in [7, 11) is 8.71. The zero-order chi connectivity index (χ0) is 17.2. The maximum absolute atomic E-state index is 5.45. The molecule has 0 bridgehead atoms. The molecule has 0 aromatic heterocycles. The fourth-order valence-electron chi connectivity index (χ4n) is 2.29. The summed E-state index contributed by atoms with van der Waals surface area (Å²) in [6.07, 6.45) is 2.29. The molecular weight excluding hydrogens is 421 g/mol. The third kappa shape index (κ3) is 6.26. The fourth-order valence-corrected chi connectivity index (χ4v) is 2.29. The summed E-state index contributed by atoms with van der Waals surface area (Å²) < 4.78 is 16.1. The van der Waals surface area contributed by atoms with Crippen molar-refractivity contribution < 1.29 is 14.2 Å². The number of methoxy groups -OCH3 is 3. The Morgan fingerprint density at radius 2 is 1.67 bits per heavy atom. The Labute approximate surface area is 162 Å². The summed E-state index contributed by atoms with van der Waals surface area (Å²) in [5.74, 6) is 2.94. The van der Waals surface area contributed by atoms with Crippen molar-refractivity contribution in [3.63, 3.8) is 0 Å². The van der Waals surface area contributed by atoms with Crippen LogP contribution in [0, 0.1) is 0 Å². The van der Waals surface area contributed by atoms with E-state index in [9.17, 15) is 0 Å². The minimum Gasteiger partial charge on any atom is -0.496 e. The van der Waals surface area contributed by atoms with Crippen LogP contribution in [0.15, 0.2) is 17.1 Å². The number of hydrogen-bond acceptors (Lipinski definition) is 4. The molecule has 1 rings (SSSR count). The molecule has 0 aliphatic carbocycles. The van der Waals surface area contributed by atoms with E-state index in [0.29, 0.717) is 18.0 Å². The molecule has 138 valence electrons. The number of rotatable bonds is 8. The van der Waals surface area contributed by atoms with E-state index in [1.807, 2.05) is 19.2 Å². The van der Waals surface area contributed by atoms with Gasteiger partial charge in [0, 0.05) is 38.8 Å². The SMILES string of the molecule is CCCCN(C)C(=NC)NCc1cc(OC)c(OC)cc1OC.I. The third-order valence-corrected chi connectivity index (χ3v) is 3.64. The van der Waals surface area contributed by atoms with Gasteiger partial charge in [-0.2, -0.15) is 0 Å². The van der Waals surface area contributed by atoms with Gasteiger partial charge < -0.3 is 24.4 Å². The van der Waals surface area contributed by atoms with Crippen LogP contribution >= 0.6 is 24.0 Å². The van der Waals surface area contributed by atoms with Gasteiger partial charge in [0.2, 0.25) is 0 Å². The quantitative estimate of drug-likeness (QED) is 0.374. The summed E-state index contributed by atoms with van der Waals surface area (Å²) in [6.45, 7) is 3.74. The van der Waals surface area contributed by atoms with E-state index in [1.54, 1.807) is 28.4 Å². The highest BCUT2D eigenvalue weighted by molar-refractivity contribution is 14.0. The molecule has 1 aromatic rings. The Bertz CT molecular complexity index is 524. The van der Waals surface area contributed by atoms with E-state index in [0.717, 1.165) is 36.7 Å². The van der Waals surface area contributed by atoms with E-state index in [2.05, 4.69) is 22.1 Å². The van der Waals surface area contributed by atoms with Gasteiger partial charge in [-0.05, 0) is 12.5 Å². The van der Waals surface area contributed by atoms with Crippen LogP contribution in [0.1, 0.15) is 25.3 Å². The second-order valence-corrected chi connectivity index (χ2v) is 5.19. The number of benzene rings is 1. The van der Waals surface area contributed by atoms with Gasteiger partial charge in [0.15, 0.2) is 17.5 Å². The topological polar surface area (TPSA) is 55.3 Å². The predicted molar refractivity (Wildman–Crippen MR) is 109 cm³/mol. The molecule has 6 nitrogen and oxygen atoms in total. The van der Waals surface area contributed by atoms with Gasteiger partial charge >= 0.3 is 0 Å². The minimum absolute atomic E-state index is 0. The summed E-state index contributed by atoms with van der Waals surface area (Å²) in [5, 5.41) is 3.36. The van der Waals surface area contributed by atoms with Crippen molar-refractivity contribution in [1.29, 1.82) is 0 Å². The zero-order valence-corrected chi connectivity index (χ0v) is 17.8. The summed E-state index contributed by atoms with van der Waals surface area (Å²) in [4.78, 5) is 6.44. The Morgan fingerprint density at radius 3 is 2.17 bits per heavy atom. The lowest BCUT2D eigenvalue weighted by atomic mass is 10.1. The molecule has 0 unspecified atom stereocenters. The van der Waals surface area contributed by atoms with Crippen LogP contribution in [-0.2, 0) is 6.54 Å². The molecule has 0 spiro atoms. The van der Waals surface area contributed by atoms with Crippen molar-refractivity contribution in [3.05, 3.63) is 17.7 Å². The molecule has 24 heavy (non-hydrogen) atoms. The highest BCUT2D eigenvalue weighted by atomic mass is 127. The lowest BCUT2D eigenvalue weighted by molar-refractivity contribution is 0.347. The van der Waals surface area contributed by atoms with E-state index in [4.69, 9.17) is 14.2 Å². The summed E-state index contributed by atoms with van der Waals surface area (Å²) in [5.41, 5.74) is 0.982.